The van der Waals surface area contributed by atoms with Gasteiger partial charge in [-0.05, 0) is 31.2 Å². The van der Waals surface area contributed by atoms with Crippen LogP contribution in [0.2, 0.25) is 4.34 Å². The molecule has 4 heterocycles. The summed E-state index contributed by atoms with van der Waals surface area (Å²) in [6, 6.07) is 2.02. The Labute approximate surface area is 211 Å². The quantitative estimate of drug-likeness (QED) is 0.381. The molecule has 0 bridgehead atoms. The van der Waals surface area contributed by atoms with Gasteiger partial charge in [0.1, 0.15) is 27.7 Å². The van der Waals surface area contributed by atoms with E-state index in [9.17, 15) is 4.79 Å². The molecule has 1 aliphatic carbocycles. The summed E-state index contributed by atoms with van der Waals surface area (Å²) in [4.78, 5) is 30.7. The highest BCUT2D eigenvalue weighted by atomic mass is 35.5. The smallest absolute Gasteiger partial charge is 0.280 e. The molecule has 4 aromatic rings. The lowest BCUT2D eigenvalue weighted by atomic mass is 9.88. The van der Waals surface area contributed by atoms with Crippen molar-refractivity contribution < 1.29 is 9.53 Å². The van der Waals surface area contributed by atoms with Gasteiger partial charge in [-0.1, -0.05) is 36.8 Å². The first kappa shape index (κ1) is 23.8. The fourth-order valence-electron chi connectivity index (χ4n) is 4.79. The van der Waals surface area contributed by atoms with E-state index in [0.29, 0.717) is 26.8 Å². The molecule has 35 heavy (non-hydrogen) atoms. The van der Waals surface area contributed by atoms with Crippen molar-refractivity contribution in [3.05, 3.63) is 40.0 Å². The van der Waals surface area contributed by atoms with Crippen molar-refractivity contribution in [1.82, 2.24) is 40.0 Å². The Morgan fingerprint density at radius 1 is 1.29 bits per heavy atom. The number of hydrogen-bond acceptors (Lipinski definition) is 8. The molecule has 1 aliphatic rings. The van der Waals surface area contributed by atoms with Crippen molar-refractivity contribution in [3.63, 3.8) is 0 Å². The number of ether oxygens (including phenoxy) is 1. The molecule has 1 fully saturated rings. The lowest BCUT2D eigenvalue weighted by molar-refractivity contribution is 0.0390. The second-order valence-corrected chi connectivity index (χ2v) is 10.9. The third-order valence-corrected chi connectivity index (χ3v) is 7.36. The summed E-state index contributed by atoms with van der Waals surface area (Å²) < 4.78 is 8.60. The average molecular weight is 515 g/mol. The molecule has 12 heteroatoms. The van der Waals surface area contributed by atoms with Gasteiger partial charge >= 0.3 is 0 Å². The van der Waals surface area contributed by atoms with Crippen LogP contribution in [0.3, 0.4) is 0 Å². The van der Waals surface area contributed by atoms with Crippen molar-refractivity contribution >= 4 is 39.9 Å². The third kappa shape index (κ3) is 5.07. The molecule has 0 aliphatic heterocycles. The fraction of sp³-hybridized carbons (Fsp3) is 0.478. The molecule has 1 amide bonds. The maximum atomic E-state index is 12.8. The highest BCUT2D eigenvalue weighted by Gasteiger charge is 2.33. The molecule has 4 aromatic heterocycles. The van der Waals surface area contributed by atoms with E-state index < -0.39 is 0 Å². The van der Waals surface area contributed by atoms with Crippen LogP contribution < -0.4 is 5.32 Å². The zero-order chi connectivity index (χ0) is 24.5. The van der Waals surface area contributed by atoms with Crippen molar-refractivity contribution in [2.24, 2.45) is 5.92 Å². The van der Waals surface area contributed by atoms with E-state index in [2.05, 4.69) is 48.9 Å². The van der Waals surface area contributed by atoms with Crippen LogP contribution in [0.4, 0.5) is 0 Å². The molecule has 0 unspecified atom stereocenters. The van der Waals surface area contributed by atoms with Crippen LogP contribution in [0.25, 0.3) is 22.6 Å². The molecule has 5 rings (SSSR count). The van der Waals surface area contributed by atoms with Gasteiger partial charge in [-0.3, -0.25) is 14.9 Å². The first-order chi connectivity index (χ1) is 16.9. The van der Waals surface area contributed by atoms with E-state index in [-0.39, 0.29) is 24.1 Å². The Hall–Kier alpha value is -2.89. The number of carbonyl (C=O) groups excluding carboxylic acids is 1. The van der Waals surface area contributed by atoms with Gasteiger partial charge in [-0.25, -0.2) is 15.0 Å². The Balaban J connectivity index is 1.50. The summed E-state index contributed by atoms with van der Waals surface area (Å²) in [7, 11) is 1.72. The topological polar surface area (TPSA) is 124 Å². The molecule has 0 radical (unpaired) electrons. The highest BCUT2D eigenvalue weighted by Crippen LogP contribution is 2.35. The molecule has 0 saturated heterocycles. The minimum Gasteiger partial charge on any atom is -0.381 e. The van der Waals surface area contributed by atoms with Gasteiger partial charge in [0.25, 0.3) is 5.91 Å². The highest BCUT2D eigenvalue weighted by molar-refractivity contribution is 7.17. The van der Waals surface area contributed by atoms with E-state index in [1.165, 1.54) is 23.9 Å². The number of rotatable bonds is 7. The molecular formula is C23H27ClN8O2S. The molecular weight excluding hydrogens is 488 g/mol. The summed E-state index contributed by atoms with van der Waals surface area (Å²) in [5, 5.41) is 10.3. The lowest BCUT2D eigenvalue weighted by Crippen LogP contribution is -2.43. The van der Waals surface area contributed by atoms with Crippen molar-refractivity contribution in [3.8, 4) is 11.5 Å². The van der Waals surface area contributed by atoms with Crippen molar-refractivity contribution in [2.75, 3.05) is 7.11 Å². The minimum atomic E-state index is -0.211. The zero-order valence-corrected chi connectivity index (χ0v) is 21.3. The standard InChI is InChI=1S/C23H27ClN8O2S/c1-12(2)4-20-30-17-9-25-16(21-27-11-28-31-21)8-18(17)32(20)14-5-13(6-15(7-14)34-3)29-22(33)23-26-10-19(24)35-23/h8-15H,4-7H2,1-3H3,(H,29,33)(H,27,28,31)/t13-,14+,15-/m1/s1. The van der Waals surface area contributed by atoms with Crippen LogP contribution >= 0.6 is 22.9 Å². The predicted molar refractivity (Wildman–Crippen MR) is 134 cm³/mol. The molecule has 0 spiro atoms. The minimum absolute atomic E-state index is 0.00105. The van der Waals surface area contributed by atoms with E-state index in [4.69, 9.17) is 21.3 Å². The Morgan fingerprint density at radius 3 is 2.83 bits per heavy atom. The Bertz CT molecular complexity index is 1320. The molecule has 3 atom stereocenters. The molecule has 0 aromatic carbocycles. The first-order valence-corrected chi connectivity index (χ1v) is 12.8. The number of halogens is 1. The van der Waals surface area contributed by atoms with Gasteiger partial charge in [0.2, 0.25) is 0 Å². The number of thiazole rings is 1. The number of fused-ring (bicyclic) bond motifs is 1. The van der Waals surface area contributed by atoms with Crippen LogP contribution in [0.15, 0.2) is 24.8 Å². The Kier molecular flexibility index (Phi) is 6.81. The number of imidazole rings is 1. The van der Waals surface area contributed by atoms with Crippen LogP contribution in [0.5, 0.6) is 0 Å². The van der Waals surface area contributed by atoms with E-state index in [1.54, 1.807) is 13.3 Å². The number of aromatic amines is 1. The molecule has 2 N–H and O–H groups in total. The number of hydrogen-bond donors (Lipinski definition) is 2. The second-order valence-electron chi connectivity index (χ2n) is 9.25. The average Bonchev–Trinajstić information content (AvgIpc) is 3.57. The Morgan fingerprint density at radius 2 is 2.14 bits per heavy atom. The maximum absolute atomic E-state index is 12.8. The predicted octanol–water partition coefficient (Wildman–Crippen LogP) is 4.06. The fourth-order valence-corrected chi connectivity index (χ4v) is 5.60. The molecule has 1 saturated carbocycles. The number of nitrogens with one attached hydrogen (secondary N) is 2. The number of nitrogens with zero attached hydrogens (tertiary/aromatic N) is 6. The third-order valence-electron chi connectivity index (χ3n) is 6.24. The maximum Gasteiger partial charge on any atom is 0.280 e. The van der Waals surface area contributed by atoms with Gasteiger partial charge in [-0.2, -0.15) is 5.10 Å². The van der Waals surface area contributed by atoms with Gasteiger partial charge in [-0.15, -0.1) is 0 Å². The van der Waals surface area contributed by atoms with Crippen LogP contribution in [-0.2, 0) is 11.2 Å². The SMILES string of the molecule is CO[C@@H]1C[C@H](NC(=O)c2ncc(Cl)s2)C[C@H](n2c(CC(C)C)nc3cnc(-c4ncn[nH]4)cc32)C1. The van der Waals surface area contributed by atoms with Crippen molar-refractivity contribution in [1.29, 1.82) is 0 Å². The second kappa shape index (κ2) is 10.00. The molecule has 10 nitrogen and oxygen atoms in total. The number of H-pyrrole nitrogens is 1. The van der Waals surface area contributed by atoms with Crippen LogP contribution in [0.1, 0.15) is 54.8 Å². The van der Waals surface area contributed by atoms with Crippen molar-refractivity contribution in [2.45, 2.75) is 57.7 Å². The van der Waals surface area contributed by atoms with E-state index in [1.807, 2.05) is 6.07 Å². The number of pyridine rings is 1. The zero-order valence-electron chi connectivity index (χ0n) is 19.7. The monoisotopic (exact) mass is 514 g/mol. The number of aromatic nitrogens is 7. The summed E-state index contributed by atoms with van der Waals surface area (Å²) in [5.74, 6) is 1.83. The number of amides is 1. The lowest BCUT2D eigenvalue weighted by Gasteiger charge is -2.36. The summed E-state index contributed by atoms with van der Waals surface area (Å²) >= 11 is 7.15. The summed E-state index contributed by atoms with van der Waals surface area (Å²) in [6.07, 6.45) is 7.89. The van der Waals surface area contributed by atoms with Gasteiger partial charge in [0.15, 0.2) is 10.8 Å². The first-order valence-electron chi connectivity index (χ1n) is 11.6. The van der Waals surface area contributed by atoms with Crippen LogP contribution in [-0.4, -0.2) is 59.9 Å². The van der Waals surface area contributed by atoms with Gasteiger partial charge in [0.05, 0.1) is 24.0 Å². The summed E-state index contributed by atoms with van der Waals surface area (Å²) in [6.45, 7) is 4.37. The number of methoxy groups -OCH3 is 1. The number of carbonyl (C=O) groups is 1. The van der Waals surface area contributed by atoms with E-state index >= 15 is 0 Å². The van der Waals surface area contributed by atoms with Gasteiger partial charge in [0, 0.05) is 25.6 Å². The van der Waals surface area contributed by atoms with E-state index in [0.717, 1.165) is 42.5 Å². The normalized spacial score (nSPS) is 20.5. The summed E-state index contributed by atoms with van der Waals surface area (Å²) in [5.41, 5.74) is 2.53. The largest absolute Gasteiger partial charge is 0.381 e. The molecule has 184 valence electrons. The van der Waals surface area contributed by atoms with Gasteiger partial charge < -0.3 is 14.6 Å². The van der Waals surface area contributed by atoms with Crippen LogP contribution in [0, 0.1) is 5.92 Å².